The average molecular weight is 333 g/mol. The Labute approximate surface area is 144 Å². The summed E-state index contributed by atoms with van der Waals surface area (Å²) in [6.45, 7) is 0. The first-order valence-electron chi connectivity index (χ1n) is 7.58. The number of anilines is 1. The van der Waals surface area contributed by atoms with Gasteiger partial charge < -0.3 is 15.5 Å². The van der Waals surface area contributed by atoms with Gasteiger partial charge in [-0.2, -0.15) is 0 Å². The van der Waals surface area contributed by atoms with Crippen LogP contribution >= 0.6 is 0 Å². The monoisotopic (exact) mass is 333 g/mol. The third-order valence-corrected chi connectivity index (χ3v) is 3.71. The molecule has 25 heavy (non-hydrogen) atoms. The molecular formula is C20H15NO4. The molecule has 3 N–H and O–H groups in total. The van der Waals surface area contributed by atoms with Gasteiger partial charge in [0.15, 0.2) is 0 Å². The number of benzene rings is 3. The van der Waals surface area contributed by atoms with E-state index in [9.17, 15) is 19.8 Å². The maximum Gasteiger partial charge on any atom is 0.337 e. The Kier molecular flexibility index (Phi) is 4.48. The molecule has 0 aliphatic heterocycles. The van der Waals surface area contributed by atoms with E-state index in [1.807, 2.05) is 30.3 Å². The Morgan fingerprint density at radius 2 is 1.56 bits per heavy atom. The van der Waals surface area contributed by atoms with Gasteiger partial charge in [0.25, 0.3) is 5.91 Å². The van der Waals surface area contributed by atoms with Crippen LogP contribution < -0.4 is 5.32 Å². The zero-order chi connectivity index (χ0) is 17.8. The number of hydrogen-bond acceptors (Lipinski definition) is 3. The van der Waals surface area contributed by atoms with Crippen LogP contribution in [0, 0.1) is 0 Å². The van der Waals surface area contributed by atoms with Crippen LogP contribution in [0.4, 0.5) is 5.69 Å². The van der Waals surface area contributed by atoms with Crippen molar-refractivity contribution in [3.63, 3.8) is 0 Å². The summed E-state index contributed by atoms with van der Waals surface area (Å²) in [5.74, 6) is -1.67. The number of hydrogen-bond donors (Lipinski definition) is 3. The van der Waals surface area contributed by atoms with E-state index < -0.39 is 11.9 Å². The van der Waals surface area contributed by atoms with Crippen molar-refractivity contribution in [1.29, 1.82) is 0 Å². The fourth-order valence-corrected chi connectivity index (χ4v) is 2.49. The van der Waals surface area contributed by atoms with Crippen molar-refractivity contribution >= 4 is 17.6 Å². The lowest BCUT2D eigenvalue weighted by molar-refractivity contribution is 0.0698. The van der Waals surface area contributed by atoms with Crippen LogP contribution in [0.5, 0.6) is 5.75 Å². The molecule has 5 nitrogen and oxygen atoms in total. The third-order valence-electron chi connectivity index (χ3n) is 3.71. The highest BCUT2D eigenvalue weighted by Gasteiger charge is 2.15. The van der Waals surface area contributed by atoms with Crippen LogP contribution in [-0.4, -0.2) is 22.1 Å². The molecule has 0 heterocycles. The van der Waals surface area contributed by atoms with Crippen LogP contribution in [-0.2, 0) is 0 Å². The molecular weight excluding hydrogens is 318 g/mol. The highest BCUT2D eigenvalue weighted by molar-refractivity contribution is 6.08. The smallest absolute Gasteiger partial charge is 0.337 e. The van der Waals surface area contributed by atoms with Gasteiger partial charge in [0.05, 0.1) is 11.3 Å². The van der Waals surface area contributed by atoms with Gasteiger partial charge in [0, 0.05) is 5.56 Å². The quantitative estimate of drug-likeness (QED) is 0.673. The second-order valence-electron chi connectivity index (χ2n) is 5.44. The third kappa shape index (κ3) is 3.67. The standard InChI is InChI=1S/C20H15NO4/c22-16-8-4-7-15(11-16)19(23)21-18-12-14(9-10-17(18)20(24)25)13-5-2-1-3-6-13/h1-12,22H,(H,21,23)(H,24,25). The summed E-state index contributed by atoms with van der Waals surface area (Å²) in [7, 11) is 0. The number of carboxylic acid groups (broad SMARTS) is 1. The lowest BCUT2D eigenvalue weighted by Crippen LogP contribution is -2.14. The zero-order valence-corrected chi connectivity index (χ0v) is 13.1. The predicted molar refractivity (Wildman–Crippen MR) is 94.9 cm³/mol. The largest absolute Gasteiger partial charge is 0.508 e. The number of rotatable bonds is 4. The summed E-state index contributed by atoms with van der Waals surface area (Å²) in [5, 5.41) is 21.5. The van der Waals surface area contributed by atoms with E-state index in [-0.39, 0.29) is 22.6 Å². The average Bonchev–Trinajstić information content (AvgIpc) is 2.62. The number of phenols is 1. The van der Waals surface area contributed by atoms with E-state index in [1.165, 1.54) is 24.3 Å². The molecule has 1 amide bonds. The topological polar surface area (TPSA) is 86.6 Å². The minimum Gasteiger partial charge on any atom is -0.508 e. The van der Waals surface area contributed by atoms with Gasteiger partial charge in [-0.25, -0.2) is 4.79 Å². The Hall–Kier alpha value is -3.60. The number of carbonyl (C=O) groups excluding carboxylic acids is 1. The molecule has 0 saturated carbocycles. The van der Waals surface area contributed by atoms with Crippen molar-refractivity contribution in [2.75, 3.05) is 5.32 Å². The number of carboxylic acids is 1. The van der Waals surface area contributed by atoms with Crippen molar-refractivity contribution in [1.82, 2.24) is 0 Å². The molecule has 124 valence electrons. The minimum atomic E-state index is -1.13. The summed E-state index contributed by atoms with van der Waals surface area (Å²) in [4.78, 5) is 23.8. The first kappa shape index (κ1) is 16.3. The van der Waals surface area contributed by atoms with Crippen molar-refractivity contribution in [2.24, 2.45) is 0 Å². The van der Waals surface area contributed by atoms with E-state index >= 15 is 0 Å². The summed E-state index contributed by atoms with van der Waals surface area (Å²) in [5.41, 5.74) is 2.13. The number of phenolic OH excluding ortho intramolecular Hbond substituents is 1. The first-order chi connectivity index (χ1) is 12.0. The molecule has 5 heteroatoms. The summed E-state index contributed by atoms with van der Waals surface area (Å²) in [6, 6.07) is 20.1. The molecule has 0 aromatic heterocycles. The molecule has 0 saturated heterocycles. The highest BCUT2D eigenvalue weighted by Crippen LogP contribution is 2.26. The molecule has 3 aromatic rings. The summed E-state index contributed by atoms with van der Waals surface area (Å²) in [6.07, 6.45) is 0. The Bertz CT molecular complexity index is 935. The molecule has 3 rings (SSSR count). The number of amides is 1. The molecule has 0 fully saturated rings. The maximum atomic E-state index is 12.4. The number of aromatic hydroxyl groups is 1. The van der Waals surface area contributed by atoms with Crippen LogP contribution in [0.3, 0.4) is 0 Å². The normalized spacial score (nSPS) is 10.2. The van der Waals surface area contributed by atoms with Gasteiger partial charge in [0.2, 0.25) is 0 Å². The molecule has 0 aliphatic carbocycles. The number of nitrogens with one attached hydrogen (secondary N) is 1. The van der Waals surface area contributed by atoms with E-state index in [2.05, 4.69) is 5.32 Å². The van der Waals surface area contributed by atoms with Gasteiger partial charge in [-0.3, -0.25) is 4.79 Å². The Balaban J connectivity index is 1.98. The van der Waals surface area contributed by atoms with E-state index in [0.29, 0.717) is 0 Å². The fraction of sp³-hybridized carbons (Fsp3) is 0. The summed E-state index contributed by atoms with van der Waals surface area (Å²) >= 11 is 0. The highest BCUT2D eigenvalue weighted by atomic mass is 16.4. The molecule has 0 bridgehead atoms. The zero-order valence-electron chi connectivity index (χ0n) is 13.1. The van der Waals surface area contributed by atoms with Crippen LogP contribution in [0.25, 0.3) is 11.1 Å². The lowest BCUT2D eigenvalue weighted by Gasteiger charge is -2.11. The fourth-order valence-electron chi connectivity index (χ4n) is 2.49. The van der Waals surface area contributed by atoms with Crippen molar-refractivity contribution in [3.8, 4) is 16.9 Å². The molecule has 0 spiro atoms. The molecule has 0 aliphatic rings. The summed E-state index contributed by atoms with van der Waals surface area (Å²) < 4.78 is 0. The van der Waals surface area contributed by atoms with Gasteiger partial charge in [-0.15, -0.1) is 0 Å². The maximum absolute atomic E-state index is 12.4. The minimum absolute atomic E-state index is 0.00631. The molecule has 0 unspecified atom stereocenters. The van der Waals surface area contributed by atoms with Gasteiger partial charge in [-0.1, -0.05) is 42.5 Å². The van der Waals surface area contributed by atoms with E-state index in [1.54, 1.807) is 18.2 Å². The molecule has 3 aromatic carbocycles. The van der Waals surface area contributed by atoms with Gasteiger partial charge in [0.1, 0.15) is 5.75 Å². The predicted octanol–water partition coefficient (Wildman–Crippen LogP) is 4.01. The lowest BCUT2D eigenvalue weighted by atomic mass is 10.0. The van der Waals surface area contributed by atoms with Crippen LogP contribution in [0.1, 0.15) is 20.7 Å². The first-order valence-corrected chi connectivity index (χ1v) is 7.58. The van der Waals surface area contributed by atoms with Crippen molar-refractivity contribution in [2.45, 2.75) is 0 Å². The molecule has 0 radical (unpaired) electrons. The second-order valence-corrected chi connectivity index (χ2v) is 5.44. The molecule has 0 atom stereocenters. The van der Waals surface area contributed by atoms with Crippen molar-refractivity contribution in [3.05, 3.63) is 83.9 Å². The van der Waals surface area contributed by atoms with Gasteiger partial charge in [-0.05, 0) is 41.5 Å². The number of aromatic carboxylic acids is 1. The second kappa shape index (κ2) is 6.88. The SMILES string of the molecule is O=C(Nc1cc(-c2ccccc2)ccc1C(=O)O)c1cccc(O)c1. The van der Waals surface area contributed by atoms with Gasteiger partial charge >= 0.3 is 5.97 Å². The van der Waals surface area contributed by atoms with Crippen LogP contribution in [0.15, 0.2) is 72.8 Å². The number of carbonyl (C=O) groups is 2. The van der Waals surface area contributed by atoms with Crippen molar-refractivity contribution < 1.29 is 19.8 Å². The van der Waals surface area contributed by atoms with E-state index in [4.69, 9.17) is 0 Å². The Morgan fingerprint density at radius 3 is 2.24 bits per heavy atom. The van der Waals surface area contributed by atoms with Crippen LogP contribution in [0.2, 0.25) is 0 Å². The van der Waals surface area contributed by atoms with E-state index in [0.717, 1.165) is 11.1 Å². The Morgan fingerprint density at radius 1 is 0.800 bits per heavy atom.